The van der Waals surface area contributed by atoms with Crippen molar-refractivity contribution in [2.24, 2.45) is 5.92 Å². The molecular formula is C17H23NO7. The molecule has 0 aliphatic heterocycles. The number of phenols is 2. The average Bonchev–Trinajstić information content (AvgIpc) is 2.56. The Labute approximate surface area is 145 Å². The second-order valence-electron chi connectivity index (χ2n) is 5.98. The fraction of sp³-hybridized carbons (Fsp3) is 0.471. The Kier molecular flexibility index (Phi) is 7.22. The SMILES string of the molecule is COC(=O)C(CC(C)C)NC(=O)COC(=O)c1ccc(C)c(O)c1O. The molecule has 8 nitrogen and oxygen atoms in total. The molecule has 1 atom stereocenters. The second kappa shape index (κ2) is 8.91. The monoisotopic (exact) mass is 353 g/mol. The molecule has 1 aromatic carbocycles. The van der Waals surface area contributed by atoms with Gasteiger partial charge in [-0.3, -0.25) is 4.79 Å². The maximum absolute atomic E-state index is 11.9. The van der Waals surface area contributed by atoms with Crippen LogP contribution in [0.25, 0.3) is 0 Å². The van der Waals surface area contributed by atoms with E-state index < -0.39 is 42.0 Å². The highest BCUT2D eigenvalue weighted by molar-refractivity contribution is 5.95. The first-order valence-corrected chi connectivity index (χ1v) is 7.73. The summed E-state index contributed by atoms with van der Waals surface area (Å²) in [5.41, 5.74) is 0.129. The number of esters is 2. The first-order valence-electron chi connectivity index (χ1n) is 7.73. The van der Waals surface area contributed by atoms with Crippen LogP contribution in [-0.4, -0.2) is 47.8 Å². The molecule has 0 aromatic heterocycles. The summed E-state index contributed by atoms with van der Waals surface area (Å²) in [6.45, 7) is 4.68. The maximum atomic E-state index is 11.9. The van der Waals surface area contributed by atoms with Gasteiger partial charge in [0.1, 0.15) is 11.6 Å². The summed E-state index contributed by atoms with van der Waals surface area (Å²) >= 11 is 0. The number of hydrogen-bond acceptors (Lipinski definition) is 7. The summed E-state index contributed by atoms with van der Waals surface area (Å²) in [5, 5.41) is 21.8. The maximum Gasteiger partial charge on any atom is 0.342 e. The smallest absolute Gasteiger partial charge is 0.342 e. The lowest BCUT2D eigenvalue weighted by Gasteiger charge is -2.18. The predicted octanol–water partition coefficient (Wildman–Crippen LogP) is 1.27. The molecule has 138 valence electrons. The van der Waals surface area contributed by atoms with Gasteiger partial charge in [0.25, 0.3) is 5.91 Å². The lowest BCUT2D eigenvalue weighted by molar-refractivity contribution is -0.145. The van der Waals surface area contributed by atoms with Gasteiger partial charge in [0.2, 0.25) is 0 Å². The number of aromatic hydroxyl groups is 2. The third-order valence-corrected chi connectivity index (χ3v) is 3.44. The van der Waals surface area contributed by atoms with E-state index >= 15 is 0 Å². The molecule has 1 rings (SSSR count). The molecule has 0 heterocycles. The minimum absolute atomic E-state index is 0.138. The van der Waals surface area contributed by atoms with E-state index in [0.29, 0.717) is 12.0 Å². The largest absolute Gasteiger partial charge is 0.504 e. The number of hydrogen-bond donors (Lipinski definition) is 3. The number of ether oxygens (including phenoxy) is 2. The normalized spacial score (nSPS) is 11.7. The molecule has 1 amide bonds. The van der Waals surface area contributed by atoms with Crippen molar-refractivity contribution in [2.45, 2.75) is 33.2 Å². The zero-order valence-electron chi connectivity index (χ0n) is 14.7. The number of aryl methyl sites for hydroxylation is 1. The Hall–Kier alpha value is -2.77. The van der Waals surface area contributed by atoms with Crippen molar-refractivity contribution in [1.82, 2.24) is 5.32 Å². The van der Waals surface area contributed by atoms with Gasteiger partial charge in [-0.05, 0) is 30.9 Å². The molecule has 0 saturated heterocycles. The van der Waals surface area contributed by atoms with Gasteiger partial charge in [0.05, 0.1) is 7.11 Å². The minimum Gasteiger partial charge on any atom is -0.504 e. The fourth-order valence-corrected chi connectivity index (χ4v) is 2.12. The number of methoxy groups -OCH3 is 1. The first kappa shape index (κ1) is 20.3. The van der Waals surface area contributed by atoms with E-state index in [0.717, 1.165) is 0 Å². The van der Waals surface area contributed by atoms with E-state index in [4.69, 9.17) is 4.74 Å². The number of rotatable bonds is 7. The summed E-state index contributed by atoms with van der Waals surface area (Å²) in [6.07, 6.45) is 0.374. The molecule has 25 heavy (non-hydrogen) atoms. The zero-order valence-corrected chi connectivity index (χ0v) is 14.7. The first-order chi connectivity index (χ1) is 11.7. The Morgan fingerprint density at radius 3 is 2.36 bits per heavy atom. The number of amides is 1. The van der Waals surface area contributed by atoms with Crippen molar-refractivity contribution in [1.29, 1.82) is 0 Å². The van der Waals surface area contributed by atoms with Crippen molar-refractivity contribution < 1.29 is 34.1 Å². The van der Waals surface area contributed by atoms with Crippen LogP contribution in [0.15, 0.2) is 12.1 Å². The van der Waals surface area contributed by atoms with Gasteiger partial charge in [0.15, 0.2) is 18.1 Å². The van der Waals surface area contributed by atoms with Crippen molar-refractivity contribution in [3.8, 4) is 11.5 Å². The highest BCUT2D eigenvalue weighted by atomic mass is 16.5. The van der Waals surface area contributed by atoms with E-state index in [9.17, 15) is 24.6 Å². The fourth-order valence-electron chi connectivity index (χ4n) is 2.12. The summed E-state index contributed by atoms with van der Waals surface area (Å²) in [6, 6.07) is 1.87. The quantitative estimate of drug-likeness (QED) is 0.498. The lowest BCUT2D eigenvalue weighted by atomic mass is 10.0. The predicted molar refractivity (Wildman–Crippen MR) is 88.2 cm³/mol. The van der Waals surface area contributed by atoms with Crippen LogP contribution in [0.3, 0.4) is 0 Å². The van der Waals surface area contributed by atoms with Gasteiger partial charge in [-0.25, -0.2) is 9.59 Å². The van der Waals surface area contributed by atoms with Gasteiger partial charge in [-0.2, -0.15) is 0 Å². The van der Waals surface area contributed by atoms with E-state index in [1.165, 1.54) is 19.2 Å². The topological polar surface area (TPSA) is 122 Å². The molecule has 0 spiro atoms. The van der Waals surface area contributed by atoms with Crippen molar-refractivity contribution in [3.63, 3.8) is 0 Å². The lowest BCUT2D eigenvalue weighted by Crippen LogP contribution is -2.44. The number of phenolic OH excluding ortho intramolecular Hbond substituents is 2. The molecule has 3 N–H and O–H groups in total. The van der Waals surface area contributed by atoms with Crippen molar-refractivity contribution >= 4 is 17.8 Å². The average molecular weight is 353 g/mol. The van der Waals surface area contributed by atoms with E-state index in [-0.39, 0.29) is 11.5 Å². The van der Waals surface area contributed by atoms with Crippen molar-refractivity contribution in [2.75, 3.05) is 13.7 Å². The van der Waals surface area contributed by atoms with Crippen LogP contribution in [0.1, 0.15) is 36.2 Å². The zero-order chi connectivity index (χ0) is 19.1. The van der Waals surface area contributed by atoms with Crippen LogP contribution in [0, 0.1) is 12.8 Å². The van der Waals surface area contributed by atoms with Crippen molar-refractivity contribution in [3.05, 3.63) is 23.3 Å². The summed E-state index contributed by atoms with van der Waals surface area (Å²) in [5.74, 6) is -3.14. The van der Waals surface area contributed by atoms with Crippen LogP contribution in [0.4, 0.5) is 0 Å². The molecule has 8 heteroatoms. The number of benzene rings is 1. The highest BCUT2D eigenvalue weighted by Crippen LogP contribution is 2.32. The van der Waals surface area contributed by atoms with Gasteiger partial charge in [-0.1, -0.05) is 19.9 Å². The molecule has 0 aliphatic carbocycles. The Bertz CT molecular complexity index is 655. The number of nitrogens with one attached hydrogen (secondary N) is 1. The van der Waals surface area contributed by atoms with Crippen LogP contribution < -0.4 is 5.32 Å². The molecule has 1 aromatic rings. The van der Waals surface area contributed by atoms with Crippen LogP contribution in [0.2, 0.25) is 0 Å². The molecule has 0 radical (unpaired) electrons. The van der Waals surface area contributed by atoms with E-state index in [1.54, 1.807) is 6.92 Å². The molecule has 1 unspecified atom stereocenters. The van der Waals surface area contributed by atoms with Gasteiger partial charge in [0, 0.05) is 0 Å². The highest BCUT2D eigenvalue weighted by Gasteiger charge is 2.24. The molecule has 0 saturated carbocycles. The van der Waals surface area contributed by atoms with Gasteiger partial charge in [-0.15, -0.1) is 0 Å². The Balaban J connectivity index is 2.67. The third kappa shape index (κ3) is 5.66. The third-order valence-electron chi connectivity index (χ3n) is 3.44. The van der Waals surface area contributed by atoms with E-state index in [1.807, 2.05) is 13.8 Å². The standard InChI is InChI=1S/C17H23NO7/c1-9(2)7-12(17(23)24-4)18-13(19)8-25-16(22)11-6-5-10(3)14(20)15(11)21/h5-6,9,12,20-21H,7-8H2,1-4H3,(H,18,19). The van der Waals surface area contributed by atoms with Crippen LogP contribution in [0.5, 0.6) is 11.5 Å². The molecular weight excluding hydrogens is 330 g/mol. The van der Waals surface area contributed by atoms with Gasteiger partial charge >= 0.3 is 11.9 Å². The summed E-state index contributed by atoms with van der Waals surface area (Å²) in [7, 11) is 1.22. The van der Waals surface area contributed by atoms with E-state index in [2.05, 4.69) is 10.1 Å². The van der Waals surface area contributed by atoms with Crippen LogP contribution in [-0.2, 0) is 19.1 Å². The Morgan fingerprint density at radius 2 is 1.80 bits per heavy atom. The molecule has 0 aliphatic rings. The van der Waals surface area contributed by atoms with Crippen LogP contribution >= 0.6 is 0 Å². The summed E-state index contributed by atoms with van der Waals surface area (Å²) < 4.78 is 9.44. The number of carbonyl (C=O) groups excluding carboxylic acids is 3. The molecule has 0 bridgehead atoms. The minimum atomic E-state index is -0.971. The van der Waals surface area contributed by atoms with Gasteiger partial charge < -0.3 is 25.0 Å². The second-order valence-corrected chi connectivity index (χ2v) is 5.98. The molecule has 0 fully saturated rings. The number of carbonyl (C=O) groups is 3. The Morgan fingerprint density at radius 1 is 1.16 bits per heavy atom. The summed E-state index contributed by atoms with van der Waals surface area (Å²) in [4.78, 5) is 35.5.